The summed E-state index contributed by atoms with van der Waals surface area (Å²) in [5.41, 5.74) is 0.230. The highest BCUT2D eigenvalue weighted by molar-refractivity contribution is 14.1. The molecule has 18 heavy (non-hydrogen) atoms. The fraction of sp³-hybridized carbons (Fsp3) is 0.455. The summed E-state index contributed by atoms with van der Waals surface area (Å²) in [5.74, 6) is 1.66. The van der Waals surface area contributed by atoms with Gasteiger partial charge in [0.15, 0.2) is 0 Å². The van der Waals surface area contributed by atoms with Crippen molar-refractivity contribution in [3.8, 4) is 0 Å². The van der Waals surface area contributed by atoms with Crippen LogP contribution in [0.5, 0.6) is 0 Å². The van der Waals surface area contributed by atoms with Crippen LogP contribution in [0.2, 0.25) is 0 Å². The Bertz CT molecular complexity index is 467. The molecule has 1 aliphatic rings. The van der Waals surface area contributed by atoms with Gasteiger partial charge in [-0.3, -0.25) is 10.1 Å². The first-order valence-corrected chi connectivity index (χ1v) is 7.79. The van der Waals surface area contributed by atoms with Crippen molar-refractivity contribution in [2.75, 3.05) is 16.8 Å². The monoisotopic (exact) mass is 382 g/mol. The second-order valence-electron chi connectivity index (χ2n) is 4.07. The number of nitrogens with one attached hydrogen (secondary N) is 1. The summed E-state index contributed by atoms with van der Waals surface area (Å²) in [7, 11) is 0. The van der Waals surface area contributed by atoms with Crippen molar-refractivity contribution in [3.63, 3.8) is 0 Å². The second kappa shape index (κ2) is 6.05. The fourth-order valence-corrected chi connectivity index (χ4v) is 3.42. The minimum atomic E-state index is -0.471. The highest BCUT2D eigenvalue weighted by atomic mass is 127. The Balaban J connectivity index is 2.24. The molecule has 1 saturated heterocycles. The molecule has 0 aromatic heterocycles. The number of nitro benzene ring substituents is 1. The Morgan fingerprint density at radius 1 is 1.44 bits per heavy atom. The van der Waals surface area contributed by atoms with Crippen LogP contribution in [0.1, 0.15) is 12.8 Å². The van der Waals surface area contributed by atoms with Gasteiger partial charge in [-0.1, -0.05) is 0 Å². The Labute approximate surface area is 122 Å². The lowest BCUT2D eigenvalue weighted by Gasteiger charge is -2.23. The van der Waals surface area contributed by atoms with Crippen LogP contribution < -0.4 is 5.32 Å². The predicted octanol–water partition coefficient (Wildman–Crippen LogP) is 3.65. The van der Waals surface area contributed by atoms with E-state index in [1.807, 2.05) is 11.8 Å². The molecule has 0 saturated carbocycles. The Kier molecular flexibility index (Phi) is 4.66. The Hall–Kier alpha value is -0.570. The van der Waals surface area contributed by atoms with Crippen molar-refractivity contribution in [1.82, 2.24) is 0 Å². The molecule has 98 valence electrons. The first-order chi connectivity index (χ1) is 8.58. The number of benzene rings is 1. The summed E-state index contributed by atoms with van der Waals surface area (Å²) in [6.07, 6.45) is 1.91. The molecule has 1 aromatic carbocycles. The molecular formula is C11H12FIN2O2S. The lowest BCUT2D eigenvalue weighted by atomic mass is 10.1. The molecule has 0 bridgehead atoms. The van der Waals surface area contributed by atoms with Crippen LogP contribution in [0, 0.1) is 19.5 Å². The number of hydrogen-bond donors (Lipinski definition) is 1. The minimum Gasteiger partial charge on any atom is -0.377 e. The second-order valence-corrected chi connectivity index (χ2v) is 6.46. The van der Waals surface area contributed by atoms with Crippen molar-refractivity contribution < 1.29 is 9.31 Å². The van der Waals surface area contributed by atoms with E-state index < -0.39 is 10.7 Å². The fourth-order valence-electron chi connectivity index (χ4n) is 1.86. The minimum absolute atomic E-state index is 0.0565. The van der Waals surface area contributed by atoms with Gasteiger partial charge in [-0.05, 0) is 46.9 Å². The van der Waals surface area contributed by atoms with E-state index in [4.69, 9.17) is 0 Å². The largest absolute Gasteiger partial charge is 0.377 e. The quantitative estimate of drug-likeness (QED) is 0.493. The zero-order valence-corrected chi connectivity index (χ0v) is 12.5. The van der Waals surface area contributed by atoms with Gasteiger partial charge < -0.3 is 5.32 Å². The molecule has 7 heteroatoms. The normalized spacial score (nSPS) is 16.6. The smallest absolute Gasteiger partial charge is 0.293 e. The van der Waals surface area contributed by atoms with E-state index in [2.05, 4.69) is 5.32 Å². The number of nitro groups is 1. The molecule has 0 amide bonds. The molecule has 1 heterocycles. The van der Waals surface area contributed by atoms with E-state index in [0.717, 1.165) is 24.3 Å². The van der Waals surface area contributed by atoms with Crippen LogP contribution >= 0.6 is 34.4 Å². The zero-order valence-electron chi connectivity index (χ0n) is 9.49. The maximum atomic E-state index is 13.5. The van der Waals surface area contributed by atoms with Crippen molar-refractivity contribution in [1.29, 1.82) is 0 Å². The van der Waals surface area contributed by atoms with Gasteiger partial charge in [0.25, 0.3) is 5.69 Å². The van der Waals surface area contributed by atoms with E-state index >= 15 is 0 Å². The highest BCUT2D eigenvalue weighted by Crippen LogP contribution is 2.31. The van der Waals surface area contributed by atoms with Crippen LogP contribution in [0.25, 0.3) is 0 Å². The molecule has 1 aliphatic heterocycles. The van der Waals surface area contributed by atoms with Crippen LogP contribution in [-0.2, 0) is 0 Å². The van der Waals surface area contributed by atoms with E-state index in [1.165, 1.54) is 12.1 Å². The number of thioether (sulfide) groups is 1. The SMILES string of the molecule is O=[N+]([O-])c1cc(I)c(F)cc1NC1CCSCC1. The average molecular weight is 382 g/mol. The maximum Gasteiger partial charge on any atom is 0.293 e. The Morgan fingerprint density at radius 2 is 2.11 bits per heavy atom. The lowest BCUT2D eigenvalue weighted by molar-refractivity contribution is -0.384. The van der Waals surface area contributed by atoms with Gasteiger partial charge >= 0.3 is 0 Å². The standard InChI is InChI=1S/C11H12FIN2O2S/c12-8-5-10(11(15(16)17)6-9(8)13)14-7-1-3-18-4-2-7/h5-7,14H,1-4H2. The van der Waals surface area contributed by atoms with E-state index in [0.29, 0.717) is 0 Å². The van der Waals surface area contributed by atoms with E-state index in [-0.39, 0.29) is 21.0 Å². The van der Waals surface area contributed by atoms with E-state index in [1.54, 1.807) is 22.6 Å². The summed E-state index contributed by atoms with van der Waals surface area (Å²) in [4.78, 5) is 10.5. The number of hydrogen-bond acceptors (Lipinski definition) is 4. The third-order valence-electron chi connectivity index (χ3n) is 2.82. The molecule has 0 unspecified atom stereocenters. The summed E-state index contributed by atoms with van der Waals surface area (Å²) in [6.45, 7) is 0. The van der Waals surface area contributed by atoms with Gasteiger partial charge in [-0.25, -0.2) is 4.39 Å². The van der Waals surface area contributed by atoms with Gasteiger partial charge in [-0.2, -0.15) is 11.8 Å². The maximum absolute atomic E-state index is 13.5. The van der Waals surface area contributed by atoms with Crippen LogP contribution in [0.15, 0.2) is 12.1 Å². The van der Waals surface area contributed by atoms with Gasteiger partial charge in [-0.15, -0.1) is 0 Å². The summed E-state index contributed by atoms with van der Waals surface area (Å²) >= 11 is 3.64. The van der Waals surface area contributed by atoms with Crippen molar-refractivity contribution in [2.24, 2.45) is 0 Å². The Morgan fingerprint density at radius 3 is 2.72 bits per heavy atom. The molecular weight excluding hydrogens is 370 g/mol. The van der Waals surface area contributed by atoms with Crippen molar-refractivity contribution >= 4 is 45.7 Å². The molecule has 0 spiro atoms. The number of rotatable bonds is 3. The molecule has 0 atom stereocenters. The predicted molar refractivity (Wildman–Crippen MR) is 79.7 cm³/mol. The summed E-state index contributed by atoms with van der Waals surface area (Å²) < 4.78 is 13.8. The van der Waals surface area contributed by atoms with Crippen molar-refractivity contribution in [2.45, 2.75) is 18.9 Å². The average Bonchev–Trinajstić information content (AvgIpc) is 2.34. The van der Waals surface area contributed by atoms with Crippen molar-refractivity contribution in [3.05, 3.63) is 31.6 Å². The van der Waals surface area contributed by atoms with E-state index in [9.17, 15) is 14.5 Å². The molecule has 0 aliphatic carbocycles. The topological polar surface area (TPSA) is 55.2 Å². The van der Waals surface area contributed by atoms with Crippen LogP contribution in [-0.4, -0.2) is 22.5 Å². The molecule has 2 rings (SSSR count). The molecule has 1 fully saturated rings. The number of halogens is 2. The van der Waals surface area contributed by atoms with Gasteiger partial charge in [0.2, 0.25) is 0 Å². The first-order valence-electron chi connectivity index (χ1n) is 5.55. The highest BCUT2D eigenvalue weighted by Gasteiger charge is 2.21. The van der Waals surface area contributed by atoms with Gasteiger partial charge in [0.1, 0.15) is 11.5 Å². The lowest BCUT2D eigenvalue weighted by Crippen LogP contribution is -2.25. The third-order valence-corrected chi connectivity index (χ3v) is 4.69. The zero-order chi connectivity index (χ0) is 13.1. The third kappa shape index (κ3) is 3.25. The van der Waals surface area contributed by atoms with Crippen LogP contribution in [0.4, 0.5) is 15.8 Å². The van der Waals surface area contributed by atoms with Gasteiger partial charge in [0, 0.05) is 18.2 Å². The summed E-state index contributed by atoms with van der Waals surface area (Å²) in [5, 5.41) is 14.1. The van der Waals surface area contributed by atoms with Gasteiger partial charge in [0.05, 0.1) is 8.49 Å². The molecule has 4 nitrogen and oxygen atoms in total. The number of anilines is 1. The molecule has 0 radical (unpaired) electrons. The molecule has 1 aromatic rings. The molecule has 1 N–H and O–H groups in total. The summed E-state index contributed by atoms with van der Waals surface area (Å²) in [6, 6.07) is 2.70. The van der Waals surface area contributed by atoms with Crippen LogP contribution in [0.3, 0.4) is 0 Å². The number of nitrogens with zero attached hydrogens (tertiary/aromatic N) is 1. The first kappa shape index (κ1) is 13.9.